The van der Waals surface area contributed by atoms with E-state index < -0.39 is 0 Å². The maximum atomic E-state index is 11.9. The summed E-state index contributed by atoms with van der Waals surface area (Å²) in [6, 6.07) is 4.98. The molecule has 0 radical (unpaired) electrons. The lowest BCUT2D eigenvalue weighted by Gasteiger charge is -2.15. The van der Waals surface area contributed by atoms with Gasteiger partial charge in [0.1, 0.15) is 18.1 Å². The highest BCUT2D eigenvalue weighted by atomic mass is 16.5. The number of amides is 1. The van der Waals surface area contributed by atoms with Crippen LogP contribution >= 0.6 is 0 Å². The molecule has 0 atom stereocenters. The van der Waals surface area contributed by atoms with Gasteiger partial charge < -0.3 is 19.5 Å². The lowest BCUT2D eigenvalue weighted by molar-refractivity contribution is -0.125. The van der Waals surface area contributed by atoms with Crippen molar-refractivity contribution in [2.45, 2.75) is 13.8 Å². The summed E-state index contributed by atoms with van der Waals surface area (Å²) in [5.74, 6) is 0.574. The topological polar surface area (TPSA) is 59.0 Å². The van der Waals surface area contributed by atoms with Crippen LogP contribution in [0.4, 0.5) is 0 Å². The van der Waals surface area contributed by atoms with Crippen molar-refractivity contribution in [3.8, 4) is 11.5 Å². The number of aromatic hydroxyl groups is 1. The van der Waals surface area contributed by atoms with Crippen molar-refractivity contribution in [1.29, 1.82) is 0 Å². The number of phenols is 1. The summed E-state index contributed by atoms with van der Waals surface area (Å²) < 4.78 is 10.3. The molecule has 5 heteroatoms. The molecule has 0 aliphatic rings. The first kappa shape index (κ1) is 17.0. The van der Waals surface area contributed by atoms with Crippen LogP contribution < -0.4 is 4.74 Å². The van der Waals surface area contributed by atoms with Crippen LogP contribution in [-0.2, 0) is 9.53 Å². The first-order valence-electron chi connectivity index (χ1n) is 7.04. The molecule has 1 rings (SSSR count). The van der Waals surface area contributed by atoms with E-state index in [0.29, 0.717) is 37.6 Å². The predicted octanol–water partition coefficient (Wildman–Crippen LogP) is 2.30. The second-order valence-corrected chi connectivity index (χ2v) is 4.41. The Morgan fingerprint density at radius 3 is 2.57 bits per heavy atom. The van der Waals surface area contributed by atoms with Gasteiger partial charge in [-0.1, -0.05) is 0 Å². The highest BCUT2D eigenvalue weighted by molar-refractivity contribution is 5.92. The number of hydrogen-bond donors (Lipinski definition) is 1. The van der Waals surface area contributed by atoms with Gasteiger partial charge in [-0.25, -0.2) is 0 Å². The fourth-order valence-corrected chi connectivity index (χ4v) is 1.80. The number of carbonyl (C=O) groups is 1. The van der Waals surface area contributed by atoms with Crippen LogP contribution in [0.2, 0.25) is 0 Å². The van der Waals surface area contributed by atoms with Gasteiger partial charge in [0.05, 0.1) is 6.61 Å². The third-order valence-corrected chi connectivity index (χ3v) is 3.04. The number of likely N-dealkylation sites (N-methyl/N-ethyl adjacent to an activating group) is 1. The Morgan fingerprint density at radius 2 is 2.00 bits per heavy atom. The molecule has 0 unspecified atom stereocenters. The molecule has 1 aromatic carbocycles. The van der Waals surface area contributed by atoms with E-state index in [9.17, 15) is 9.90 Å². The van der Waals surface area contributed by atoms with Crippen molar-refractivity contribution in [3.63, 3.8) is 0 Å². The highest BCUT2D eigenvalue weighted by Gasteiger charge is 2.06. The lowest BCUT2D eigenvalue weighted by Crippen LogP contribution is -2.28. The van der Waals surface area contributed by atoms with E-state index in [2.05, 4.69) is 0 Å². The molecule has 0 fully saturated rings. The van der Waals surface area contributed by atoms with Gasteiger partial charge in [-0.05, 0) is 32.1 Å². The molecular weight excluding hydrogens is 270 g/mol. The Balaban J connectivity index is 2.69. The third kappa shape index (κ3) is 5.47. The van der Waals surface area contributed by atoms with Crippen molar-refractivity contribution >= 4 is 12.0 Å². The highest BCUT2D eigenvalue weighted by Crippen LogP contribution is 2.24. The van der Waals surface area contributed by atoms with Gasteiger partial charge in [0.15, 0.2) is 0 Å². The van der Waals surface area contributed by atoms with Crippen molar-refractivity contribution < 1.29 is 19.4 Å². The minimum atomic E-state index is -0.0696. The normalized spacial score (nSPS) is 10.8. The molecule has 21 heavy (non-hydrogen) atoms. The molecular formula is C16H23NO4. The Labute approximate surface area is 125 Å². The number of ether oxygens (including phenoxy) is 2. The number of rotatable bonds is 8. The number of carbonyl (C=O) groups excluding carboxylic acids is 1. The molecule has 5 nitrogen and oxygen atoms in total. The molecule has 0 aliphatic carbocycles. The van der Waals surface area contributed by atoms with Gasteiger partial charge in [0, 0.05) is 37.9 Å². The van der Waals surface area contributed by atoms with E-state index in [-0.39, 0.29) is 11.7 Å². The summed E-state index contributed by atoms with van der Waals surface area (Å²) in [6.07, 6.45) is 3.07. The van der Waals surface area contributed by atoms with Crippen molar-refractivity contribution in [2.24, 2.45) is 0 Å². The number of benzene rings is 1. The van der Waals surface area contributed by atoms with Crippen LogP contribution in [0.25, 0.3) is 6.08 Å². The average molecular weight is 293 g/mol. The Hall–Kier alpha value is -2.01. The Kier molecular flexibility index (Phi) is 7.32. The standard InChI is InChI=1S/C16H23NO4/c1-4-17(5-2)16(19)9-7-13-6-8-14(12-15(13)18)21-11-10-20-3/h6-9,12,18H,4-5,10-11H2,1-3H3/b9-7+. The van der Waals surface area contributed by atoms with Gasteiger partial charge in [-0.2, -0.15) is 0 Å². The van der Waals surface area contributed by atoms with E-state index in [4.69, 9.17) is 9.47 Å². The summed E-state index contributed by atoms with van der Waals surface area (Å²) in [5.41, 5.74) is 0.578. The molecule has 0 saturated carbocycles. The second-order valence-electron chi connectivity index (χ2n) is 4.41. The van der Waals surface area contributed by atoms with E-state index in [1.165, 1.54) is 12.1 Å². The van der Waals surface area contributed by atoms with E-state index in [1.807, 2.05) is 13.8 Å². The molecule has 0 aromatic heterocycles. The molecule has 116 valence electrons. The van der Waals surface area contributed by atoms with Crippen LogP contribution in [0, 0.1) is 0 Å². The van der Waals surface area contributed by atoms with E-state index in [1.54, 1.807) is 30.2 Å². The summed E-state index contributed by atoms with van der Waals surface area (Å²) in [6.45, 7) is 6.10. The number of methoxy groups -OCH3 is 1. The molecule has 0 bridgehead atoms. The third-order valence-electron chi connectivity index (χ3n) is 3.04. The smallest absolute Gasteiger partial charge is 0.246 e. The zero-order valence-electron chi connectivity index (χ0n) is 12.8. The van der Waals surface area contributed by atoms with Gasteiger partial charge in [0.25, 0.3) is 0 Å². The van der Waals surface area contributed by atoms with Gasteiger partial charge >= 0.3 is 0 Å². The van der Waals surface area contributed by atoms with Crippen molar-refractivity contribution in [1.82, 2.24) is 4.90 Å². The Morgan fingerprint density at radius 1 is 1.29 bits per heavy atom. The fraction of sp³-hybridized carbons (Fsp3) is 0.438. The van der Waals surface area contributed by atoms with Gasteiger partial charge in [0.2, 0.25) is 5.91 Å². The molecule has 0 saturated heterocycles. The molecule has 1 amide bonds. The summed E-state index contributed by atoms with van der Waals surface area (Å²) in [5, 5.41) is 9.93. The SMILES string of the molecule is CCN(CC)C(=O)/C=C/c1ccc(OCCOC)cc1O. The first-order valence-corrected chi connectivity index (χ1v) is 7.04. The molecule has 0 spiro atoms. The monoisotopic (exact) mass is 293 g/mol. The first-order chi connectivity index (χ1) is 10.1. The van der Waals surface area contributed by atoms with E-state index >= 15 is 0 Å². The van der Waals surface area contributed by atoms with E-state index in [0.717, 1.165) is 0 Å². The Bertz CT molecular complexity index is 481. The number of hydrogen-bond acceptors (Lipinski definition) is 4. The molecule has 0 aliphatic heterocycles. The van der Waals surface area contributed by atoms with Crippen molar-refractivity contribution in [3.05, 3.63) is 29.8 Å². The summed E-state index contributed by atoms with van der Waals surface area (Å²) >= 11 is 0. The van der Waals surface area contributed by atoms with Crippen LogP contribution in [0.15, 0.2) is 24.3 Å². The predicted molar refractivity (Wildman–Crippen MR) is 82.4 cm³/mol. The van der Waals surface area contributed by atoms with Crippen LogP contribution in [0.3, 0.4) is 0 Å². The van der Waals surface area contributed by atoms with Gasteiger partial charge in [-0.3, -0.25) is 4.79 Å². The summed E-state index contributed by atoms with van der Waals surface area (Å²) in [4.78, 5) is 13.6. The summed E-state index contributed by atoms with van der Waals surface area (Å²) in [7, 11) is 1.60. The zero-order valence-corrected chi connectivity index (χ0v) is 12.8. The number of nitrogens with zero attached hydrogens (tertiary/aromatic N) is 1. The van der Waals surface area contributed by atoms with Crippen LogP contribution in [0.1, 0.15) is 19.4 Å². The molecule has 1 aromatic rings. The van der Waals surface area contributed by atoms with Crippen molar-refractivity contribution in [2.75, 3.05) is 33.4 Å². The second kappa shape index (κ2) is 9.02. The zero-order chi connectivity index (χ0) is 15.7. The molecule has 1 N–H and O–H groups in total. The average Bonchev–Trinajstić information content (AvgIpc) is 2.48. The quantitative estimate of drug-likeness (QED) is 0.590. The molecule has 0 heterocycles. The maximum absolute atomic E-state index is 11.9. The minimum Gasteiger partial charge on any atom is -0.507 e. The van der Waals surface area contributed by atoms with Crippen LogP contribution in [-0.4, -0.2) is 49.3 Å². The van der Waals surface area contributed by atoms with Crippen LogP contribution in [0.5, 0.6) is 11.5 Å². The maximum Gasteiger partial charge on any atom is 0.246 e. The largest absolute Gasteiger partial charge is 0.507 e. The fourth-order valence-electron chi connectivity index (χ4n) is 1.80. The minimum absolute atomic E-state index is 0.0696. The lowest BCUT2D eigenvalue weighted by atomic mass is 10.1. The number of phenolic OH excluding ortho intramolecular Hbond substituents is 1. The van der Waals surface area contributed by atoms with Gasteiger partial charge in [-0.15, -0.1) is 0 Å².